The van der Waals surface area contributed by atoms with Gasteiger partial charge in [0, 0.05) is 46.2 Å². The van der Waals surface area contributed by atoms with Crippen molar-refractivity contribution in [3.8, 4) is 0 Å². The maximum absolute atomic E-state index is 11.4. The number of nitrogens with one attached hydrogen (secondary N) is 1. The zero-order chi connectivity index (χ0) is 16.7. The quantitative estimate of drug-likeness (QED) is 0.615. The lowest BCUT2D eigenvalue weighted by molar-refractivity contribution is -0.130. The van der Waals surface area contributed by atoms with Gasteiger partial charge >= 0.3 is 0 Å². The van der Waals surface area contributed by atoms with Crippen LogP contribution in [0.5, 0.6) is 0 Å². The van der Waals surface area contributed by atoms with Crippen LogP contribution in [0.3, 0.4) is 0 Å². The van der Waals surface area contributed by atoms with Gasteiger partial charge in [-0.2, -0.15) is 0 Å². The molecule has 0 aromatic rings. The fraction of sp³-hybridized carbons (Fsp3) is 0.882. The Balaban J connectivity index is 1.79. The average molecular weight is 323 g/mol. The van der Waals surface area contributed by atoms with E-state index in [1.165, 1.54) is 25.9 Å². The molecule has 0 aromatic heterocycles. The highest BCUT2D eigenvalue weighted by Gasteiger charge is 2.21. The number of rotatable bonds is 4. The molecule has 2 fully saturated rings. The summed E-state index contributed by atoms with van der Waals surface area (Å²) in [4.78, 5) is 23.0. The van der Waals surface area contributed by atoms with Gasteiger partial charge in [-0.1, -0.05) is 6.92 Å². The van der Waals surface area contributed by atoms with Crippen molar-refractivity contribution in [1.29, 1.82) is 0 Å². The van der Waals surface area contributed by atoms with Crippen LogP contribution in [0.4, 0.5) is 0 Å². The first-order valence-corrected chi connectivity index (χ1v) is 9.11. The van der Waals surface area contributed by atoms with E-state index < -0.39 is 0 Å². The van der Waals surface area contributed by atoms with E-state index in [4.69, 9.17) is 4.99 Å². The zero-order valence-electron chi connectivity index (χ0n) is 15.1. The second kappa shape index (κ2) is 9.11. The van der Waals surface area contributed by atoms with E-state index in [0.717, 1.165) is 57.7 Å². The van der Waals surface area contributed by atoms with Crippen molar-refractivity contribution in [3.05, 3.63) is 0 Å². The van der Waals surface area contributed by atoms with Crippen LogP contribution in [0.25, 0.3) is 0 Å². The van der Waals surface area contributed by atoms with E-state index >= 15 is 0 Å². The van der Waals surface area contributed by atoms with Crippen LogP contribution in [0.2, 0.25) is 0 Å². The average Bonchev–Trinajstić information content (AvgIpc) is 2.56. The number of piperazine rings is 1. The first-order valence-electron chi connectivity index (χ1n) is 9.11. The van der Waals surface area contributed by atoms with Crippen molar-refractivity contribution in [2.45, 2.75) is 33.6 Å². The summed E-state index contributed by atoms with van der Waals surface area (Å²) in [6, 6.07) is 0. The number of likely N-dealkylation sites (tertiary alicyclic amines) is 1. The number of hydrogen-bond donors (Lipinski definition) is 1. The number of hydrogen-bond acceptors (Lipinski definition) is 3. The standard InChI is InChI=1S/C17H33N5O/c1-4-18-17(22-13-11-21(12-14-22)16(3)23)19-7-10-20-8-5-15(2)6-9-20/h15H,4-14H2,1-3H3,(H,18,19). The third-order valence-electron chi connectivity index (χ3n) is 4.91. The lowest BCUT2D eigenvalue weighted by atomic mass is 9.99. The van der Waals surface area contributed by atoms with Gasteiger partial charge < -0.3 is 20.0 Å². The van der Waals surface area contributed by atoms with Crippen molar-refractivity contribution in [2.24, 2.45) is 10.9 Å². The minimum absolute atomic E-state index is 0.172. The highest BCUT2D eigenvalue weighted by atomic mass is 16.2. The molecule has 0 atom stereocenters. The molecule has 132 valence electrons. The van der Waals surface area contributed by atoms with Crippen LogP contribution in [0, 0.1) is 5.92 Å². The van der Waals surface area contributed by atoms with Crippen molar-refractivity contribution in [3.63, 3.8) is 0 Å². The van der Waals surface area contributed by atoms with Gasteiger partial charge in [-0.25, -0.2) is 0 Å². The van der Waals surface area contributed by atoms with E-state index in [0.29, 0.717) is 0 Å². The SMILES string of the molecule is CCNC(=NCCN1CCC(C)CC1)N1CCN(C(C)=O)CC1. The Kier molecular flexibility index (Phi) is 7.15. The fourth-order valence-electron chi connectivity index (χ4n) is 3.24. The summed E-state index contributed by atoms with van der Waals surface area (Å²) >= 11 is 0. The van der Waals surface area contributed by atoms with Crippen molar-refractivity contribution < 1.29 is 4.79 Å². The molecule has 0 radical (unpaired) electrons. The molecule has 6 heteroatoms. The molecule has 2 saturated heterocycles. The van der Waals surface area contributed by atoms with E-state index in [1.807, 2.05) is 4.90 Å². The van der Waals surface area contributed by atoms with Gasteiger partial charge in [0.15, 0.2) is 5.96 Å². The van der Waals surface area contributed by atoms with Crippen LogP contribution in [0.15, 0.2) is 4.99 Å². The monoisotopic (exact) mass is 323 g/mol. The number of amides is 1. The van der Waals surface area contributed by atoms with Crippen LogP contribution < -0.4 is 5.32 Å². The first-order chi connectivity index (χ1) is 11.1. The predicted molar refractivity (Wildman–Crippen MR) is 94.6 cm³/mol. The molecule has 2 aliphatic heterocycles. The molecule has 23 heavy (non-hydrogen) atoms. The van der Waals surface area contributed by atoms with Gasteiger partial charge in [-0.05, 0) is 38.8 Å². The maximum Gasteiger partial charge on any atom is 0.219 e. The maximum atomic E-state index is 11.4. The molecule has 0 saturated carbocycles. The van der Waals surface area contributed by atoms with E-state index in [-0.39, 0.29) is 5.91 Å². The summed E-state index contributed by atoms with van der Waals surface area (Å²) in [5, 5.41) is 3.40. The van der Waals surface area contributed by atoms with Gasteiger partial charge in [0.1, 0.15) is 0 Å². The number of aliphatic imine (C=N–C) groups is 1. The summed E-state index contributed by atoms with van der Waals surface area (Å²) in [5.74, 6) is 2.05. The molecule has 2 aliphatic rings. The summed E-state index contributed by atoms with van der Waals surface area (Å²) in [5.41, 5.74) is 0. The third kappa shape index (κ3) is 5.68. The topological polar surface area (TPSA) is 51.2 Å². The van der Waals surface area contributed by atoms with Crippen LogP contribution >= 0.6 is 0 Å². The number of guanidine groups is 1. The molecule has 0 spiro atoms. The molecule has 0 bridgehead atoms. The Hall–Kier alpha value is -1.30. The predicted octanol–water partition coefficient (Wildman–Crippen LogP) is 0.848. The molecule has 2 rings (SSSR count). The van der Waals surface area contributed by atoms with E-state index in [9.17, 15) is 4.79 Å². The summed E-state index contributed by atoms with van der Waals surface area (Å²) < 4.78 is 0. The van der Waals surface area contributed by atoms with Crippen LogP contribution in [0.1, 0.15) is 33.6 Å². The van der Waals surface area contributed by atoms with Crippen molar-refractivity contribution in [1.82, 2.24) is 20.0 Å². The second-order valence-electron chi connectivity index (χ2n) is 6.75. The molecule has 2 heterocycles. The normalized spacial score (nSPS) is 21.6. The fourth-order valence-corrected chi connectivity index (χ4v) is 3.24. The smallest absolute Gasteiger partial charge is 0.219 e. The highest BCUT2D eigenvalue weighted by Crippen LogP contribution is 2.15. The summed E-state index contributed by atoms with van der Waals surface area (Å²) in [6.07, 6.45) is 2.63. The van der Waals surface area contributed by atoms with Crippen LogP contribution in [-0.2, 0) is 4.79 Å². The third-order valence-corrected chi connectivity index (χ3v) is 4.91. The summed E-state index contributed by atoms with van der Waals surface area (Å²) in [6.45, 7) is 14.6. The molecular weight excluding hydrogens is 290 g/mol. The highest BCUT2D eigenvalue weighted by molar-refractivity contribution is 5.80. The molecule has 1 amide bonds. The molecule has 0 unspecified atom stereocenters. The lowest BCUT2D eigenvalue weighted by Crippen LogP contribution is -2.53. The van der Waals surface area contributed by atoms with Gasteiger partial charge in [0.25, 0.3) is 0 Å². The van der Waals surface area contributed by atoms with E-state index in [2.05, 4.69) is 29.0 Å². The molecule has 6 nitrogen and oxygen atoms in total. The van der Waals surface area contributed by atoms with Gasteiger partial charge in [-0.15, -0.1) is 0 Å². The molecule has 0 aliphatic carbocycles. The minimum Gasteiger partial charge on any atom is -0.357 e. The zero-order valence-corrected chi connectivity index (χ0v) is 15.1. The Bertz CT molecular complexity index is 396. The number of nitrogens with zero attached hydrogens (tertiary/aromatic N) is 4. The minimum atomic E-state index is 0.172. The lowest BCUT2D eigenvalue weighted by Gasteiger charge is -2.36. The van der Waals surface area contributed by atoms with Gasteiger partial charge in [0.05, 0.1) is 6.54 Å². The molecule has 1 N–H and O–H groups in total. The van der Waals surface area contributed by atoms with Crippen LogP contribution in [-0.4, -0.2) is 85.5 Å². The number of carbonyl (C=O) groups is 1. The largest absolute Gasteiger partial charge is 0.357 e. The number of carbonyl (C=O) groups excluding carboxylic acids is 1. The Labute approximate surface area is 140 Å². The van der Waals surface area contributed by atoms with Crippen molar-refractivity contribution in [2.75, 3.05) is 58.9 Å². The van der Waals surface area contributed by atoms with Gasteiger partial charge in [-0.3, -0.25) is 9.79 Å². The Morgan fingerprint density at radius 1 is 1.09 bits per heavy atom. The second-order valence-corrected chi connectivity index (χ2v) is 6.75. The number of piperidine rings is 1. The van der Waals surface area contributed by atoms with Gasteiger partial charge in [0.2, 0.25) is 5.91 Å². The first kappa shape index (κ1) is 18.0. The van der Waals surface area contributed by atoms with Crippen molar-refractivity contribution >= 4 is 11.9 Å². The summed E-state index contributed by atoms with van der Waals surface area (Å²) in [7, 11) is 0. The molecular formula is C17H33N5O. The van der Waals surface area contributed by atoms with E-state index in [1.54, 1.807) is 6.92 Å². The molecule has 0 aromatic carbocycles. The Morgan fingerprint density at radius 2 is 1.70 bits per heavy atom. The Morgan fingerprint density at radius 3 is 2.26 bits per heavy atom.